The van der Waals surface area contributed by atoms with E-state index >= 15 is 0 Å². The molecule has 4 N–H and O–H groups in total. The number of ether oxygens (including phenoxy) is 1. The number of rotatable bonds is 7. The molecule has 1 aromatic rings. The van der Waals surface area contributed by atoms with Crippen LogP contribution in [0, 0.1) is 0 Å². The summed E-state index contributed by atoms with van der Waals surface area (Å²) in [5, 5.41) is 12.7. The van der Waals surface area contributed by atoms with E-state index in [4.69, 9.17) is 10.5 Å². The summed E-state index contributed by atoms with van der Waals surface area (Å²) in [7, 11) is 0. The van der Waals surface area contributed by atoms with Crippen LogP contribution in [0.4, 0.5) is 4.79 Å². The van der Waals surface area contributed by atoms with Gasteiger partial charge in [0.1, 0.15) is 18.1 Å². The van der Waals surface area contributed by atoms with Crippen LogP contribution in [0.25, 0.3) is 0 Å². The second-order valence-electron chi connectivity index (χ2n) is 5.75. The fourth-order valence-corrected chi connectivity index (χ4v) is 1.82. The Labute approximate surface area is 153 Å². The first kappa shape index (κ1) is 20.8. The van der Waals surface area contributed by atoms with E-state index in [-0.39, 0.29) is 29.5 Å². The first-order valence-electron chi connectivity index (χ1n) is 7.94. The average Bonchev–Trinajstić information content (AvgIpc) is 2.62. The standard InChI is InChI=1S/C20H24N2O4/c1-13(2)17(23)11-10-14(3)19(24)18(15(4)21)22-20(25)26-12-16-8-6-5-7-9-16/h5-11,24H,1,12,21H2,2-4H3,(H,22,25). The van der Waals surface area contributed by atoms with Crippen molar-refractivity contribution in [2.24, 2.45) is 5.73 Å². The maximum absolute atomic E-state index is 12.0. The smallest absolute Gasteiger partial charge is 0.412 e. The molecule has 0 heterocycles. The molecule has 0 aliphatic rings. The van der Waals surface area contributed by atoms with E-state index in [0.29, 0.717) is 11.1 Å². The molecule has 0 bridgehead atoms. The Morgan fingerprint density at radius 1 is 1.19 bits per heavy atom. The number of ketones is 1. The molecule has 0 aliphatic carbocycles. The highest BCUT2D eigenvalue weighted by Gasteiger charge is 2.14. The minimum Gasteiger partial charge on any atom is -0.505 e. The molecule has 6 nitrogen and oxygen atoms in total. The SMILES string of the molecule is C=C(C)C(=O)C=CC(C)=C(O)C(NC(=O)OCc1ccccc1)=C(C)N. The van der Waals surface area contributed by atoms with Crippen molar-refractivity contribution in [3.63, 3.8) is 0 Å². The molecule has 0 atom stereocenters. The Bertz CT molecular complexity index is 770. The van der Waals surface area contributed by atoms with E-state index in [2.05, 4.69) is 11.9 Å². The van der Waals surface area contributed by atoms with Crippen molar-refractivity contribution < 1.29 is 19.4 Å². The molecule has 0 radical (unpaired) electrons. The number of alkyl carbamates (subject to hydrolysis) is 1. The minimum atomic E-state index is -0.755. The number of aliphatic hydroxyl groups excluding tert-OH is 1. The monoisotopic (exact) mass is 356 g/mol. The van der Waals surface area contributed by atoms with Gasteiger partial charge in [-0.3, -0.25) is 10.1 Å². The molecular formula is C20H24N2O4. The van der Waals surface area contributed by atoms with Crippen LogP contribution in [-0.4, -0.2) is 17.0 Å². The average molecular weight is 356 g/mol. The second kappa shape index (κ2) is 9.88. The highest BCUT2D eigenvalue weighted by Crippen LogP contribution is 2.14. The summed E-state index contributed by atoms with van der Waals surface area (Å²) in [6.07, 6.45) is 1.95. The van der Waals surface area contributed by atoms with E-state index in [1.165, 1.54) is 19.1 Å². The number of allylic oxidation sites excluding steroid dienone is 5. The zero-order chi connectivity index (χ0) is 19.7. The molecule has 0 saturated carbocycles. The Morgan fingerprint density at radius 3 is 2.35 bits per heavy atom. The third kappa shape index (κ3) is 6.68. The fraction of sp³-hybridized carbons (Fsp3) is 0.200. The van der Waals surface area contributed by atoms with Crippen molar-refractivity contribution >= 4 is 11.9 Å². The number of carbonyl (C=O) groups is 2. The zero-order valence-electron chi connectivity index (χ0n) is 15.2. The maximum Gasteiger partial charge on any atom is 0.412 e. The van der Waals surface area contributed by atoms with Gasteiger partial charge in [-0.15, -0.1) is 0 Å². The van der Waals surface area contributed by atoms with Crippen LogP contribution in [-0.2, 0) is 16.1 Å². The van der Waals surface area contributed by atoms with E-state index in [9.17, 15) is 14.7 Å². The highest BCUT2D eigenvalue weighted by molar-refractivity contribution is 6.03. The molecular weight excluding hydrogens is 332 g/mol. The van der Waals surface area contributed by atoms with Gasteiger partial charge in [-0.1, -0.05) is 43.0 Å². The predicted molar refractivity (Wildman–Crippen MR) is 101 cm³/mol. The largest absolute Gasteiger partial charge is 0.505 e. The molecule has 0 aliphatic heterocycles. The number of aliphatic hydroxyl groups is 1. The van der Waals surface area contributed by atoms with Gasteiger partial charge in [-0.2, -0.15) is 0 Å². The predicted octanol–water partition coefficient (Wildman–Crippen LogP) is 3.64. The van der Waals surface area contributed by atoms with E-state index in [1.54, 1.807) is 13.8 Å². The maximum atomic E-state index is 12.0. The second-order valence-corrected chi connectivity index (χ2v) is 5.75. The summed E-state index contributed by atoms with van der Waals surface area (Å²) >= 11 is 0. The number of amides is 1. The minimum absolute atomic E-state index is 0.0213. The van der Waals surface area contributed by atoms with Crippen LogP contribution in [0.15, 0.2) is 77.4 Å². The van der Waals surface area contributed by atoms with Gasteiger partial charge in [-0.05, 0) is 43.6 Å². The van der Waals surface area contributed by atoms with Crippen molar-refractivity contribution in [2.75, 3.05) is 0 Å². The molecule has 138 valence electrons. The summed E-state index contributed by atoms with van der Waals surface area (Å²) in [6.45, 7) is 8.32. The molecule has 0 spiro atoms. The topological polar surface area (TPSA) is 102 Å². The summed E-state index contributed by atoms with van der Waals surface area (Å²) in [4.78, 5) is 23.5. The molecule has 26 heavy (non-hydrogen) atoms. The number of hydrogen-bond acceptors (Lipinski definition) is 5. The lowest BCUT2D eigenvalue weighted by Crippen LogP contribution is -2.27. The molecule has 1 amide bonds. The highest BCUT2D eigenvalue weighted by atomic mass is 16.5. The van der Waals surface area contributed by atoms with Crippen LogP contribution in [0.1, 0.15) is 26.3 Å². The number of nitrogens with two attached hydrogens (primary N) is 1. The summed E-state index contributed by atoms with van der Waals surface area (Å²) < 4.78 is 5.11. The van der Waals surface area contributed by atoms with Crippen molar-refractivity contribution in [3.05, 3.63) is 82.9 Å². The Balaban J connectivity index is 2.83. The Morgan fingerprint density at radius 2 is 1.81 bits per heavy atom. The first-order chi connectivity index (χ1) is 12.2. The van der Waals surface area contributed by atoms with Crippen molar-refractivity contribution in [2.45, 2.75) is 27.4 Å². The van der Waals surface area contributed by atoms with Gasteiger partial charge < -0.3 is 15.6 Å². The number of nitrogens with one attached hydrogen (secondary N) is 1. The van der Waals surface area contributed by atoms with Gasteiger partial charge in [0.15, 0.2) is 5.78 Å². The van der Waals surface area contributed by atoms with Crippen LogP contribution >= 0.6 is 0 Å². The number of carbonyl (C=O) groups excluding carboxylic acids is 2. The lowest BCUT2D eigenvalue weighted by Gasteiger charge is -2.13. The summed E-state index contributed by atoms with van der Waals surface area (Å²) in [6, 6.07) is 9.18. The van der Waals surface area contributed by atoms with Crippen molar-refractivity contribution in [3.8, 4) is 0 Å². The van der Waals surface area contributed by atoms with E-state index in [1.807, 2.05) is 30.3 Å². The van der Waals surface area contributed by atoms with Crippen LogP contribution < -0.4 is 11.1 Å². The van der Waals surface area contributed by atoms with Crippen LogP contribution in [0.2, 0.25) is 0 Å². The zero-order valence-corrected chi connectivity index (χ0v) is 15.2. The van der Waals surface area contributed by atoms with Crippen LogP contribution in [0.5, 0.6) is 0 Å². The summed E-state index contributed by atoms with van der Waals surface area (Å²) in [5.41, 5.74) is 7.51. The van der Waals surface area contributed by atoms with Crippen molar-refractivity contribution in [1.82, 2.24) is 5.32 Å². The Hall–Kier alpha value is -3.28. The third-order valence-electron chi connectivity index (χ3n) is 3.35. The quantitative estimate of drug-likeness (QED) is 0.393. The van der Waals surface area contributed by atoms with Crippen molar-refractivity contribution in [1.29, 1.82) is 0 Å². The molecule has 0 fully saturated rings. The number of hydrogen-bond donors (Lipinski definition) is 3. The number of benzene rings is 1. The van der Waals surface area contributed by atoms with E-state index < -0.39 is 6.09 Å². The van der Waals surface area contributed by atoms with Crippen LogP contribution in [0.3, 0.4) is 0 Å². The molecule has 6 heteroatoms. The molecule has 0 unspecified atom stereocenters. The fourth-order valence-electron chi connectivity index (χ4n) is 1.82. The molecule has 1 aromatic carbocycles. The lowest BCUT2D eigenvalue weighted by atomic mass is 10.1. The van der Waals surface area contributed by atoms with Gasteiger partial charge in [-0.25, -0.2) is 4.79 Å². The first-order valence-corrected chi connectivity index (χ1v) is 7.94. The third-order valence-corrected chi connectivity index (χ3v) is 3.35. The molecule has 0 saturated heterocycles. The molecule has 0 aromatic heterocycles. The van der Waals surface area contributed by atoms with Gasteiger partial charge in [0.25, 0.3) is 0 Å². The van der Waals surface area contributed by atoms with Gasteiger partial charge in [0.2, 0.25) is 0 Å². The van der Waals surface area contributed by atoms with Gasteiger partial charge in [0, 0.05) is 5.70 Å². The normalized spacial score (nSPS) is 12.9. The van der Waals surface area contributed by atoms with Gasteiger partial charge >= 0.3 is 6.09 Å². The Kier molecular flexibility index (Phi) is 7.89. The van der Waals surface area contributed by atoms with Gasteiger partial charge in [0.05, 0.1) is 0 Å². The lowest BCUT2D eigenvalue weighted by molar-refractivity contribution is -0.111. The molecule has 1 rings (SSSR count). The summed E-state index contributed by atoms with van der Waals surface area (Å²) in [5.74, 6) is -0.519. The van der Waals surface area contributed by atoms with E-state index in [0.717, 1.165) is 5.56 Å².